The van der Waals surface area contributed by atoms with Gasteiger partial charge in [-0.3, -0.25) is 19.8 Å². The highest BCUT2D eigenvalue weighted by atomic mass is 16.6. The van der Waals surface area contributed by atoms with E-state index in [2.05, 4.69) is 5.16 Å². The number of benzene rings is 2. The Morgan fingerprint density at radius 3 is 2.70 bits per heavy atom. The standard InChI is InChI=1S/C19H14N4O7/c1-22(19-11-5-3-4-6-13(11)21-30-19)18(26)12(9-20)16(24)10-7-14(23(27)28)17(25)15(8-10)29-2/h3-8,24-25H,1-2H3/b16-12-. The van der Waals surface area contributed by atoms with Gasteiger partial charge in [0.05, 0.1) is 17.4 Å². The summed E-state index contributed by atoms with van der Waals surface area (Å²) in [6.07, 6.45) is 0. The van der Waals surface area contributed by atoms with Crippen LogP contribution >= 0.6 is 0 Å². The highest BCUT2D eigenvalue weighted by Gasteiger charge is 2.28. The average Bonchev–Trinajstić information content (AvgIpc) is 3.17. The van der Waals surface area contributed by atoms with Gasteiger partial charge in [-0.05, 0) is 18.2 Å². The number of aliphatic hydroxyl groups excluding tert-OH is 1. The molecule has 0 radical (unpaired) electrons. The van der Waals surface area contributed by atoms with E-state index >= 15 is 0 Å². The highest BCUT2D eigenvalue weighted by Crippen LogP contribution is 2.39. The maximum absolute atomic E-state index is 12.9. The quantitative estimate of drug-likeness (QED) is 0.212. The molecule has 0 spiro atoms. The fraction of sp³-hybridized carbons (Fsp3) is 0.105. The van der Waals surface area contributed by atoms with Crippen LogP contribution in [0.4, 0.5) is 11.6 Å². The van der Waals surface area contributed by atoms with Crippen molar-refractivity contribution < 1.29 is 29.2 Å². The van der Waals surface area contributed by atoms with Crippen LogP contribution in [0.1, 0.15) is 5.56 Å². The van der Waals surface area contributed by atoms with E-state index in [0.29, 0.717) is 10.9 Å². The number of hydrogen-bond donors (Lipinski definition) is 2. The third-order valence-electron chi connectivity index (χ3n) is 4.28. The van der Waals surface area contributed by atoms with Crippen molar-refractivity contribution in [1.82, 2.24) is 5.16 Å². The summed E-state index contributed by atoms with van der Waals surface area (Å²) in [5.74, 6) is -2.80. The molecule has 1 heterocycles. The molecule has 0 bridgehead atoms. The number of ether oxygens (including phenoxy) is 1. The molecule has 1 amide bonds. The van der Waals surface area contributed by atoms with Crippen LogP contribution in [-0.2, 0) is 4.79 Å². The molecule has 30 heavy (non-hydrogen) atoms. The summed E-state index contributed by atoms with van der Waals surface area (Å²) in [4.78, 5) is 24.1. The van der Waals surface area contributed by atoms with E-state index in [-0.39, 0.29) is 17.2 Å². The molecule has 2 aromatic carbocycles. The number of aromatic hydroxyl groups is 1. The molecule has 11 heteroatoms. The number of carbonyl (C=O) groups is 1. The summed E-state index contributed by atoms with van der Waals surface area (Å²) < 4.78 is 10.0. The molecule has 0 aliphatic rings. The first kappa shape index (κ1) is 20.2. The number of nitro benzene ring substituents is 1. The van der Waals surface area contributed by atoms with Gasteiger partial charge in [0.1, 0.15) is 17.3 Å². The van der Waals surface area contributed by atoms with Crippen LogP contribution < -0.4 is 9.64 Å². The summed E-state index contributed by atoms with van der Waals surface area (Å²) >= 11 is 0. The van der Waals surface area contributed by atoms with Crippen LogP contribution in [0.5, 0.6) is 11.5 Å². The summed E-state index contributed by atoms with van der Waals surface area (Å²) in [5, 5.41) is 45.4. The topological polar surface area (TPSA) is 163 Å². The average molecular weight is 410 g/mol. The number of aromatic nitrogens is 1. The normalized spacial score (nSPS) is 11.5. The SMILES string of the molecule is COc1cc(/C(O)=C(\C#N)C(=O)N(C)c2onc3ccccc23)cc([N+](=O)[O-])c1O. The number of aliphatic hydroxyl groups is 1. The molecule has 2 N–H and O–H groups in total. The van der Waals surface area contributed by atoms with Gasteiger partial charge in [-0.25, -0.2) is 0 Å². The number of nitro groups is 1. The van der Waals surface area contributed by atoms with Crippen molar-refractivity contribution in [3.8, 4) is 17.6 Å². The zero-order valence-corrected chi connectivity index (χ0v) is 15.7. The smallest absolute Gasteiger partial charge is 0.315 e. The van der Waals surface area contributed by atoms with Crippen molar-refractivity contribution in [1.29, 1.82) is 5.26 Å². The van der Waals surface area contributed by atoms with E-state index in [0.717, 1.165) is 24.1 Å². The lowest BCUT2D eigenvalue weighted by molar-refractivity contribution is -0.386. The third kappa shape index (κ3) is 3.33. The van der Waals surface area contributed by atoms with E-state index in [1.54, 1.807) is 30.3 Å². The van der Waals surface area contributed by atoms with Crippen LogP contribution in [0.2, 0.25) is 0 Å². The molecule has 152 valence electrons. The Kier molecular flexibility index (Phi) is 5.24. The number of rotatable bonds is 5. The summed E-state index contributed by atoms with van der Waals surface area (Å²) in [6, 6.07) is 10.2. The molecular formula is C19H14N4O7. The fourth-order valence-corrected chi connectivity index (χ4v) is 2.75. The number of methoxy groups -OCH3 is 1. The van der Waals surface area contributed by atoms with Crippen molar-refractivity contribution in [3.63, 3.8) is 0 Å². The number of nitrogens with zero attached hydrogens (tertiary/aromatic N) is 4. The Hall–Kier alpha value is -4.59. The van der Waals surface area contributed by atoms with E-state index in [9.17, 15) is 30.4 Å². The Labute approximate surface area is 168 Å². The number of nitriles is 1. The maximum atomic E-state index is 12.9. The molecule has 3 aromatic rings. The van der Waals surface area contributed by atoms with Crippen LogP contribution in [0.25, 0.3) is 16.7 Å². The number of phenols is 1. The number of anilines is 1. The van der Waals surface area contributed by atoms with Crippen molar-refractivity contribution in [2.75, 3.05) is 19.1 Å². The molecule has 0 aliphatic heterocycles. The minimum Gasteiger partial charge on any atom is -0.506 e. The Morgan fingerprint density at radius 1 is 1.37 bits per heavy atom. The second-order valence-corrected chi connectivity index (χ2v) is 6.01. The minimum atomic E-state index is -0.938. The van der Waals surface area contributed by atoms with Crippen molar-refractivity contribution in [3.05, 3.63) is 57.6 Å². The number of hydrogen-bond acceptors (Lipinski definition) is 9. The summed E-state index contributed by atoms with van der Waals surface area (Å²) in [7, 11) is 2.47. The Morgan fingerprint density at radius 2 is 2.07 bits per heavy atom. The molecule has 0 aliphatic carbocycles. The van der Waals surface area contributed by atoms with Crippen molar-refractivity contribution in [2.45, 2.75) is 0 Å². The van der Waals surface area contributed by atoms with E-state index in [1.165, 1.54) is 7.05 Å². The molecule has 3 rings (SSSR count). The molecular weight excluding hydrogens is 396 g/mol. The summed E-state index contributed by atoms with van der Waals surface area (Å²) in [6.45, 7) is 0. The summed E-state index contributed by atoms with van der Waals surface area (Å²) in [5.41, 5.74) is -1.26. The van der Waals surface area contributed by atoms with Crippen LogP contribution in [-0.4, -0.2) is 40.4 Å². The van der Waals surface area contributed by atoms with Gasteiger partial charge < -0.3 is 19.5 Å². The number of likely N-dealkylation sites (N-methyl/N-ethyl adjacent to an activating group) is 1. The molecule has 0 saturated carbocycles. The second-order valence-electron chi connectivity index (χ2n) is 6.01. The van der Waals surface area contributed by atoms with Gasteiger partial charge in [0, 0.05) is 18.7 Å². The lowest BCUT2D eigenvalue weighted by atomic mass is 10.1. The largest absolute Gasteiger partial charge is 0.506 e. The van der Waals surface area contributed by atoms with Gasteiger partial charge in [0.2, 0.25) is 11.6 Å². The first-order valence-electron chi connectivity index (χ1n) is 8.31. The van der Waals surface area contributed by atoms with E-state index in [1.807, 2.05) is 0 Å². The predicted molar refractivity (Wildman–Crippen MR) is 104 cm³/mol. The van der Waals surface area contributed by atoms with Gasteiger partial charge in [0.25, 0.3) is 5.91 Å². The number of fused-ring (bicyclic) bond motifs is 1. The number of carbonyl (C=O) groups excluding carboxylic acids is 1. The van der Waals surface area contributed by atoms with Gasteiger partial charge in [-0.2, -0.15) is 5.26 Å². The first-order valence-corrected chi connectivity index (χ1v) is 8.31. The van der Waals surface area contributed by atoms with E-state index in [4.69, 9.17) is 9.26 Å². The molecule has 0 unspecified atom stereocenters. The van der Waals surface area contributed by atoms with Crippen LogP contribution in [0.15, 0.2) is 46.5 Å². The van der Waals surface area contributed by atoms with Crippen LogP contribution in [0, 0.1) is 21.4 Å². The minimum absolute atomic E-state index is 0.0467. The van der Waals surface area contributed by atoms with Gasteiger partial charge in [-0.15, -0.1) is 0 Å². The second kappa shape index (κ2) is 7.80. The predicted octanol–water partition coefficient (Wildman–Crippen LogP) is 2.91. The molecule has 11 nitrogen and oxygen atoms in total. The maximum Gasteiger partial charge on any atom is 0.315 e. The van der Waals surface area contributed by atoms with E-state index < -0.39 is 33.6 Å². The first-order chi connectivity index (χ1) is 14.3. The van der Waals surface area contributed by atoms with Crippen LogP contribution in [0.3, 0.4) is 0 Å². The van der Waals surface area contributed by atoms with Crippen molar-refractivity contribution >= 4 is 34.1 Å². The zero-order valence-electron chi connectivity index (χ0n) is 15.7. The lowest BCUT2D eigenvalue weighted by Gasteiger charge is -2.14. The Bertz CT molecular complexity index is 1240. The van der Waals surface area contributed by atoms with Gasteiger partial charge in [-0.1, -0.05) is 17.3 Å². The highest BCUT2D eigenvalue weighted by molar-refractivity contribution is 6.13. The van der Waals surface area contributed by atoms with Gasteiger partial charge >= 0.3 is 5.69 Å². The molecule has 1 aromatic heterocycles. The van der Waals surface area contributed by atoms with Gasteiger partial charge in [0.15, 0.2) is 11.3 Å². The number of phenolic OH excluding ortho intramolecular Hbond substituents is 1. The lowest BCUT2D eigenvalue weighted by Crippen LogP contribution is -2.28. The van der Waals surface area contributed by atoms with Crippen molar-refractivity contribution in [2.24, 2.45) is 0 Å². The molecule has 0 saturated heterocycles. The number of amides is 1. The molecule has 0 fully saturated rings. The monoisotopic (exact) mass is 410 g/mol. The zero-order chi connectivity index (χ0) is 22.0. The Balaban J connectivity index is 2.10. The molecule has 0 atom stereocenters. The third-order valence-corrected chi connectivity index (χ3v) is 4.28. The fourth-order valence-electron chi connectivity index (χ4n) is 2.75.